The molecule has 0 aromatic carbocycles. The molecule has 24 heavy (non-hydrogen) atoms. The third-order valence-corrected chi connectivity index (χ3v) is 5.07. The molecule has 0 bridgehead atoms. The van der Waals surface area contributed by atoms with Gasteiger partial charge in [0.15, 0.2) is 0 Å². The third kappa shape index (κ3) is 4.37. The highest BCUT2D eigenvalue weighted by molar-refractivity contribution is 5.76. The summed E-state index contributed by atoms with van der Waals surface area (Å²) in [5.41, 5.74) is 0. The van der Waals surface area contributed by atoms with E-state index in [9.17, 15) is 4.79 Å². The molecule has 2 aliphatic heterocycles. The average Bonchev–Trinajstić information content (AvgIpc) is 3.14. The van der Waals surface area contributed by atoms with E-state index in [-0.39, 0.29) is 12.0 Å². The Morgan fingerprint density at radius 2 is 2.33 bits per heavy atom. The number of carbonyl (C=O) groups excluding carboxylic acids is 1. The van der Waals surface area contributed by atoms with Gasteiger partial charge in [-0.15, -0.1) is 0 Å². The van der Waals surface area contributed by atoms with Crippen molar-refractivity contribution in [1.82, 2.24) is 10.2 Å². The van der Waals surface area contributed by atoms with Gasteiger partial charge in [0.05, 0.1) is 32.3 Å². The number of nitrogens with one attached hydrogen (secondary N) is 1. The second kappa shape index (κ2) is 8.14. The van der Waals surface area contributed by atoms with Crippen molar-refractivity contribution in [3.8, 4) is 0 Å². The fraction of sp³-hybridized carbons (Fsp3) is 0.722. The van der Waals surface area contributed by atoms with Gasteiger partial charge in [-0.2, -0.15) is 0 Å². The largest absolute Gasteiger partial charge is 0.465 e. The summed E-state index contributed by atoms with van der Waals surface area (Å²) in [4.78, 5) is 14.4. The number of methoxy groups -OCH3 is 1. The van der Waals surface area contributed by atoms with Crippen LogP contribution in [0.1, 0.15) is 24.4 Å². The number of rotatable bonds is 7. The highest BCUT2D eigenvalue weighted by Gasteiger charge is 2.41. The predicted molar refractivity (Wildman–Crippen MR) is 89.6 cm³/mol. The normalized spacial score (nSPS) is 27.2. The smallest absolute Gasteiger partial charge is 0.222 e. The fourth-order valence-electron chi connectivity index (χ4n) is 3.85. The molecule has 2 aliphatic rings. The standard InChI is InChI=1S/C18H28N2O4/c1-13-3-4-15(24-13)11-20-7-5-16-14(10-20)12-23-17(16)9-18(21)19-6-8-22-2/h3-4,14,16-17H,5-12H2,1-2H3,(H,19,21)/t14-,16-,17+/m1/s1. The van der Waals surface area contributed by atoms with E-state index in [4.69, 9.17) is 13.9 Å². The quantitative estimate of drug-likeness (QED) is 0.766. The second-order valence-electron chi connectivity index (χ2n) is 6.88. The molecule has 0 unspecified atom stereocenters. The van der Waals surface area contributed by atoms with Crippen LogP contribution in [0.3, 0.4) is 0 Å². The number of likely N-dealkylation sites (tertiary alicyclic amines) is 1. The number of piperidine rings is 1. The van der Waals surface area contributed by atoms with Crippen LogP contribution in [0.4, 0.5) is 0 Å². The Morgan fingerprint density at radius 3 is 3.08 bits per heavy atom. The van der Waals surface area contributed by atoms with Crippen LogP contribution in [0.5, 0.6) is 0 Å². The van der Waals surface area contributed by atoms with Gasteiger partial charge >= 0.3 is 0 Å². The second-order valence-corrected chi connectivity index (χ2v) is 6.88. The highest BCUT2D eigenvalue weighted by atomic mass is 16.5. The Morgan fingerprint density at radius 1 is 1.46 bits per heavy atom. The van der Waals surface area contributed by atoms with Gasteiger partial charge in [-0.25, -0.2) is 0 Å². The Labute approximate surface area is 143 Å². The lowest BCUT2D eigenvalue weighted by molar-refractivity contribution is -0.124. The van der Waals surface area contributed by atoms with Crippen molar-refractivity contribution >= 4 is 5.91 Å². The number of furan rings is 1. The first-order valence-electron chi connectivity index (χ1n) is 8.80. The minimum Gasteiger partial charge on any atom is -0.465 e. The van der Waals surface area contributed by atoms with Gasteiger partial charge in [0.25, 0.3) is 0 Å². The van der Waals surface area contributed by atoms with Crippen LogP contribution in [0, 0.1) is 18.8 Å². The molecule has 6 heteroatoms. The zero-order valence-corrected chi connectivity index (χ0v) is 14.6. The molecule has 0 spiro atoms. The van der Waals surface area contributed by atoms with Crippen molar-refractivity contribution in [2.45, 2.75) is 32.4 Å². The number of ether oxygens (including phenoxy) is 2. The van der Waals surface area contributed by atoms with E-state index < -0.39 is 0 Å². The number of fused-ring (bicyclic) bond motifs is 1. The number of hydrogen-bond donors (Lipinski definition) is 1. The van der Waals surface area contributed by atoms with Crippen molar-refractivity contribution < 1.29 is 18.7 Å². The van der Waals surface area contributed by atoms with Gasteiger partial charge < -0.3 is 19.2 Å². The fourth-order valence-corrected chi connectivity index (χ4v) is 3.85. The minimum absolute atomic E-state index is 0.0607. The number of carbonyl (C=O) groups is 1. The number of nitrogens with zero attached hydrogens (tertiary/aromatic N) is 1. The first-order chi connectivity index (χ1) is 11.7. The first kappa shape index (κ1) is 17.5. The number of amides is 1. The molecule has 1 amide bonds. The lowest BCUT2D eigenvalue weighted by Crippen LogP contribution is -2.42. The highest BCUT2D eigenvalue weighted by Crippen LogP contribution is 2.36. The topological polar surface area (TPSA) is 63.9 Å². The Bertz CT molecular complexity index is 545. The van der Waals surface area contributed by atoms with E-state index in [1.54, 1.807) is 7.11 Å². The van der Waals surface area contributed by atoms with Gasteiger partial charge in [-0.05, 0) is 37.9 Å². The maximum Gasteiger partial charge on any atom is 0.222 e. The molecular weight excluding hydrogens is 308 g/mol. The molecule has 1 N–H and O–H groups in total. The lowest BCUT2D eigenvalue weighted by Gasteiger charge is -2.35. The van der Waals surface area contributed by atoms with Crippen LogP contribution in [-0.4, -0.2) is 56.9 Å². The van der Waals surface area contributed by atoms with Crippen LogP contribution in [-0.2, 0) is 20.8 Å². The number of aryl methyl sites for hydroxylation is 1. The molecule has 2 saturated heterocycles. The van der Waals surface area contributed by atoms with E-state index in [2.05, 4.69) is 16.3 Å². The van der Waals surface area contributed by atoms with Crippen molar-refractivity contribution in [3.05, 3.63) is 23.7 Å². The summed E-state index contributed by atoms with van der Waals surface area (Å²) in [6.45, 7) is 6.76. The van der Waals surface area contributed by atoms with Gasteiger partial charge in [0.1, 0.15) is 11.5 Å². The summed E-state index contributed by atoms with van der Waals surface area (Å²) in [6, 6.07) is 4.07. The Hall–Kier alpha value is -1.37. The van der Waals surface area contributed by atoms with Crippen LogP contribution in [0.2, 0.25) is 0 Å². The van der Waals surface area contributed by atoms with E-state index in [0.29, 0.717) is 31.4 Å². The van der Waals surface area contributed by atoms with Crippen LogP contribution in [0.15, 0.2) is 16.5 Å². The summed E-state index contributed by atoms with van der Waals surface area (Å²) in [6.07, 6.45) is 1.60. The SMILES string of the molecule is COCCNC(=O)C[C@@H]1OC[C@H]2CN(Cc3ccc(C)o3)CC[C@H]21. The Kier molecular flexibility index (Phi) is 5.92. The molecule has 6 nitrogen and oxygen atoms in total. The molecule has 1 aromatic rings. The molecule has 3 rings (SSSR count). The van der Waals surface area contributed by atoms with E-state index in [1.807, 2.05) is 13.0 Å². The first-order valence-corrected chi connectivity index (χ1v) is 8.80. The minimum atomic E-state index is 0.0607. The average molecular weight is 336 g/mol. The summed E-state index contributed by atoms with van der Waals surface area (Å²) in [5.74, 6) is 3.06. The monoisotopic (exact) mass is 336 g/mol. The van der Waals surface area contributed by atoms with Crippen molar-refractivity contribution in [2.24, 2.45) is 11.8 Å². The van der Waals surface area contributed by atoms with E-state index in [0.717, 1.165) is 44.2 Å². The summed E-state index contributed by atoms with van der Waals surface area (Å²) >= 11 is 0. The van der Waals surface area contributed by atoms with Crippen molar-refractivity contribution in [3.63, 3.8) is 0 Å². The van der Waals surface area contributed by atoms with Gasteiger partial charge in [-0.3, -0.25) is 9.69 Å². The van der Waals surface area contributed by atoms with E-state index >= 15 is 0 Å². The molecule has 0 radical (unpaired) electrons. The molecule has 2 fully saturated rings. The summed E-state index contributed by atoms with van der Waals surface area (Å²) in [7, 11) is 1.63. The van der Waals surface area contributed by atoms with Gasteiger partial charge in [0.2, 0.25) is 5.91 Å². The van der Waals surface area contributed by atoms with Crippen LogP contribution < -0.4 is 5.32 Å². The van der Waals surface area contributed by atoms with Gasteiger partial charge in [-0.1, -0.05) is 0 Å². The zero-order valence-electron chi connectivity index (χ0n) is 14.6. The predicted octanol–water partition coefficient (Wildman–Crippen LogP) is 1.58. The maximum absolute atomic E-state index is 12.0. The van der Waals surface area contributed by atoms with E-state index in [1.165, 1.54) is 0 Å². The molecule has 134 valence electrons. The lowest BCUT2D eigenvalue weighted by atomic mass is 9.83. The zero-order chi connectivity index (χ0) is 16.9. The summed E-state index contributed by atoms with van der Waals surface area (Å²) < 4.78 is 16.6. The third-order valence-electron chi connectivity index (χ3n) is 5.07. The molecule has 1 aromatic heterocycles. The van der Waals surface area contributed by atoms with Crippen molar-refractivity contribution in [2.75, 3.05) is 40.0 Å². The number of hydrogen-bond acceptors (Lipinski definition) is 5. The maximum atomic E-state index is 12.0. The summed E-state index contributed by atoms with van der Waals surface area (Å²) in [5, 5.41) is 2.88. The molecule has 0 saturated carbocycles. The van der Waals surface area contributed by atoms with Crippen molar-refractivity contribution in [1.29, 1.82) is 0 Å². The molecule has 3 heterocycles. The molecule has 3 atom stereocenters. The van der Waals surface area contributed by atoms with Crippen LogP contribution in [0.25, 0.3) is 0 Å². The Balaban J connectivity index is 1.45. The van der Waals surface area contributed by atoms with Gasteiger partial charge in [0, 0.05) is 26.1 Å². The molecular formula is C18H28N2O4. The molecule has 0 aliphatic carbocycles. The van der Waals surface area contributed by atoms with Crippen LogP contribution >= 0.6 is 0 Å².